The molecule has 0 amide bonds. The highest BCUT2D eigenvalue weighted by Crippen LogP contribution is 2.38. The number of benzene rings is 2. The lowest BCUT2D eigenvalue weighted by Crippen LogP contribution is -2.60. The maximum atomic E-state index is 12.7. The predicted octanol–water partition coefficient (Wildman–Crippen LogP) is 0.0319. The maximum absolute atomic E-state index is 12.7. The molecule has 7 N–H and O–H groups in total. The third-order valence-electron chi connectivity index (χ3n) is 5.53. The summed E-state index contributed by atoms with van der Waals surface area (Å²) in [6.07, 6.45) is -7.95. The number of aliphatic hydroxyl groups excluding tert-OH is 3. The summed E-state index contributed by atoms with van der Waals surface area (Å²) < 4.78 is 21.3. The van der Waals surface area contributed by atoms with E-state index in [1.165, 1.54) is 6.07 Å². The highest BCUT2D eigenvalue weighted by molar-refractivity contribution is 5.88. The molecule has 13 nitrogen and oxygen atoms in total. The summed E-state index contributed by atoms with van der Waals surface area (Å²) in [5.41, 5.74) is -1.24. The van der Waals surface area contributed by atoms with Crippen molar-refractivity contribution in [1.82, 2.24) is 0 Å². The Labute approximate surface area is 201 Å². The Morgan fingerprint density at radius 2 is 1.67 bits per heavy atom. The quantitative estimate of drug-likeness (QED) is 0.180. The molecule has 1 aliphatic heterocycles. The molecule has 36 heavy (non-hydrogen) atoms. The van der Waals surface area contributed by atoms with Crippen molar-refractivity contribution in [1.29, 1.82) is 0 Å². The van der Waals surface area contributed by atoms with Crippen LogP contribution in [0.4, 0.5) is 0 Å². The number of esters is 1. The average Bonchev–Trinajstić information content (AvgIpc) is 2.82. The largest absolute Gasteiger partial charge is 0.507 e. The van der Waals surface area contributed by atoms with Crippen LogP contribution in [0.3, 0.4) is 0 Å². The Morgan fingerprint density at radius 1 is 0.944 bits per heavy atom. The summed E-state index contributed by atoms with van der Waals surface area (Å²) in [4.78, 5) is 23.8. The summed E-state index contributed by atoms with van der Waals surface area (Å²) in [6.45, 7) is 0.686. The summed E-state index contributed by atoms with van der Waals surface area (Å²) in [6, 6.07) is 5.52. The fraction of sp³-hybridized carbons (Fsp3) is 0.304. The molecule has 1 saturated heterocycles. The first-order valence-electron chi connectivity index (χ1n) is 10.5. The first-order valence-corrected chi connectivity index (χ1v) is 10.5. The third kappa shape index (κ3) is 4.59. The Hall–Kier alpha value is -4.04. The highest BCUT2D eigenvalue weighted by Gasteiger charge is 2.45. The number of carbonyl (C=O) groups is 1. The van der Waals surface area contributed by atoms with Gasteiger partial charge < -0.3 is 54.4 Å². The second kappa shape index (κ2) is 9.54. The number of ether oxygens (including phenoxy) is 3. The van der Waals surface area contributed by atoms with Gasteiger partial charge in [-0.05, 0) is 18.2 Å². The molecule has 1 fully saturated rings. The van der Waals surface area contributed by atoms with Crippen LogP contribution < -0.4 is 10.2 Å². The van der Waals surface area contributed by atoms with Gasteiger partial charge in [-0.2, -0.15) is 0 Å². The number of phenols is 3. The molecule has 3 aromatic rings. The lowest BCUT2D eigenvalue weighted by atomic mass is 9.99. The van der Waals surface area contributed by atoms with Crippen molar-refractivity contribution in [2.45, 2.75) is 37.6 Å². The van der Waals surface area contributed by atoms with Crippen molar-refractivity contribution in [2.75, 3.05) is 6.61 Å². The van der Waals surface area contributed by atoms with E-state index < -0.39 is 77.1 Å². The fourth-order valence-electron chi connectivity index (χ4n) is 3.68. The molecule has 0 bridgehead atoms. The SMILES string of the molecule is CC(=O)OCC1O[C@@H](Oc2cc(O)c3c(=O)c(O)c(-c4ccc(O)c(O)c4)oc3c2)C(O)[C@@H](O)[C@@H]1O. The summed E-state index contributed by atoms with van der Waals surface area (Å²) in [7, 11) is 0. The lowest BCUT2D eigenvalue weighted by molar-refractivity contribution is -0.278. The number of aliphatic hydroxyl groups is 3. The first kappa shape index (κ1) is 25.1. The molecule has 1 aliphatic rings. The number of phenolic OH excluding ortho intramolecular Hbond substituents is 3. The number of carbonyl (C=O) groups excluding carboxylic acids is 1. The second-order valence-electron chi connectivity index (χ2n) is 8.06. The van der Waals surface area contributed by atoms with E-state index in [9.17, 15) is 45.3 Å². The van der Waals surface area contributed by atoms with Gasteiger partial charge in [-0.15, -0.1) is 0 Å². The summed E-state index contributed by atoms with van der Waals surface area (Å²) >= 11 is 0. The van der Waals surface area contributed by atoms with Gasteiger partial charge in [0.05, 0.1) is 0 Å². The molecule has 192 valence electrons. The van der Waals surface area contributed by atoms with Crippen LogP contribution >= 0.6 is 0 Å². The molecule has 2 heterocycles. The lowest BCUT2D eigenvalue weighted by Gasteiger charge is -2.39. The first-order chi connectivity index (χ1) is 17.0. The van der Waals surface area contributed by atoms with E-state index in [2.05, 4.69) is 0 Å². The summed E-state index contributed by atoms with van der Waals surface area (Å²) in [5.74, 6) is -3.76. The van der Waals surface area contributed by atoms with Crippen molar-refractivity contribution in [3.63, 3.8) is 0 Å². The number of hydrogen-bond donors (Lipinski definition) is 7. The molecule has 13 heteroatoms. The molecule has 0 spiro atoms. The van der Waals surface area contributed by atoms with Crippen LogP contribution in [0.15, 0.2) is 39.5 Å². The van der Waals surface area contributed by atoms with Gasteiger partial charge in [-0.25, -0.2) is 0 Å². The Kier molecular flexibility index (Phi) is 6.65. The molecule has 5 atom stereocenters. The molecule has 0 radical (unpaired) electrons. The van der Waals surface area contributed by atoms with Crippen molar-refractivity contribution in [3.05, 3.63) is 40.6 Å². The van der Waals surface area contributed by atoms with Crippen LogP contribution in [0.2, 0.25) is 0 Å². The van der Waals surface area contributed by atoms with E-state index in [4.69, 9.17) is 18.6 Å². The van der Waals surface area contributed by atoms with Crippen molar-refractivity contribution < 1.29 is 59.2 Å². The molecule has 4 rings (SSSR count). The van der Waals surface area contributed by atoms with Gasteiger partial charge in [0.2, 0.25) is 17.5 Å². The van der Waals surface area contributed by atoms with E-state index in [0.29, 0.717) is 0 Å². The van der Waals surface area contributed by atoms with E-state index >= 15 is 0 Å². The molecule has 2 aromatic carbocycles. The van der Waals surface area contributed by atoms with E-state index in [1.54, 1.807) is 0 Å². The normalized spacial score (nSPS) is 23.9. The molecular formula is C23H22O13. The van der Waals surface area contributed by atoms with E-state index in [0.717, 1.165) is 31.2 Å². The van der Waals surface area contributed by atoms with E-state index in [-0.39, 0.29) is 22.7 Å². The smallest absolute Gasteiger partial charge is 0.302 e. The van der Waals surface area contributed by atoms with Crippen LogP contribution in [-0.2, 0) is 14.3 Å². The fourth-order valence-corrected chi connectivity index (χ4v) is 3.68. The van der Waals surface area contributed by atoms with Gasteiger partial charge in [0, 0.05) is 24.6 Å². The van der Waals surface area contributed by atoms with Crippen molar-refractivity contribution in [3.8, 4) is 40.1 Å². The minimum Gasteiger partial charge on any atom is -0.507 e. The number of rotatable bonds is 5. The van der Waals surface area contributed by atoms with Gasteiger partial charge in [0.15, 0.2) is 17.3 Å². The van der Waals surface area contributed by atoms with Gasteiger partial charge in [0.1, 0.15) is 53.5 Å². The molecule has 2 unspecified atom stereocenters. The standard InChI is InChI=1S/C23H22O13/c1-8(24)33-7-15-17(28)19(30)21(32)23(36-15)34-10-5-13(27)16-14(6-10)35-22(20(31)18(16)29)9-2-3-11(25)12(26)4-9/h2-6,15,17,19,21,23,25-28,30-32H,7H2,1H3/t15?,17-,19+,21?,23-/m1/s1. The zero-order valence-corrected chi connectivity index (χ0v) is 18.6. The monoisotopic (exact) mass is 506 g/mol. The zero-order valence-electron chi connectivity index (χ0n) is 18.6. The van der Waals surface area contributed by atoms with Crippen LogP contribution in [0.1, 0.15) is 6.92 Å². The van der Waals surface area contributed by atoms with Crippen LogP contribution in [0.25, 0.3) is 22.3 Å². The van der Waals surface area contributed by atoms with Crippen molar-refractivity contribution in [2.24, 2.45) is 0 Å². The van der Waals surface area contributed by atoms with Crippen molar-refractivity contribution >= 4 is 16.9 Å². The van der Waals surface area contributed by atoms with E-state index in [1.807, 2.05) is 0 Å². The van der Waals surface area contributed by atoms with Gasteiger partial charge in [-0.1, -0.05) is 0 Å². The third-order valence-corrected chi connectivity index (χ3v) is 5.53. The Balaban J connectivity index is 1.70. The topological polar surface area (TPSA) is 217 Å². The number of hydrogen-bond acceptors (Lipinski definition) is 13. The van der Waals surface area contributed by atoms with Crippen LogP contribution in [0, 0.1) is 0 Å². The van der Waals surface area contributed by atoms with Gasteiger partial charge in [-0.3, -0.25) is 9.59 Å². The molecular weight excluding hydrogens is 484 g/mol. The van der Waals surface area contributed by atoms with Gasteiger partial charge >= 0.3 is 5.97 Å². The Bertz CT molecular complexity index is 1360. The molecule has 1 aromatic heterocycles. The number of aromatic hydroxyl groups is 4. The average molecular weight is 506 g/mol. The molecule has 0 aliphatic carbocycles. The van der Waals surface area contributed by atoms with Crippen LogP contribution in [-0.4, -0.2) is 79.0 Å². The Morgan fingerprint density at radius 3 is 2.33 bits per heavy atom. The van der Waals surface area contributed by atoms with Gasteiger partial charge in [0.25, 0.3) is 0 Å². The maximum Gasteiger partial charge on any atom is 0.302 e. The molecule has 0 saturated carbocycles. The van der Waals surface area contributed by atoms with Crippen LogP contribution in [0.5, 0.6) is 28.7 Å². The minimum atomic E-state index is -1.76. The second-order valence-corrected chi connectivity index (χ2v) is 8.06. The zero-order chi connectivity index (χ0) is 26.3. The summed E-state index contributed by atoms with van der Waals surface area (Å²) in [5, 5.41) is 70.1. The highest BCUT2D eigenvalue weighted by atomic mass is 16.7. The predicted molar refractivity (Wildman–Crippen MR) is 119 cm³/mol. The number of fused-ring (bicyclic) bond motifs is 1. The minimum absolute atomic E-state index is 0.0315.